The van der Waals surface area contributed by atoms with E-state index in [1.807, 2.05) is 72.8 Å². The summed E-state index contributed by atoms with van der Waals surface area (Å²) in [4.78, 5) is 0. The molecule has 0 saturated heterocycles. The predicted molar refractivity (Wildman–Crippen MR) is 217 cm³/mol. The summed E-state index contributed by atoms with van der Waals surface area (Å²) >= 11 is 0. The van der Waals surface area contributed by atoms with Crippen LogP contribution in [-0.4, -0.2) is 78.7 Å². The lowest BCUT2D eigenvalue weighted by molar-refractivity contribution is 0.362. The molecule has 4 aromatic carbocycles. The van der Waals surface area contributed by atoms with Crippen LogP contribution in [0.15, 0.2) is 72.8 Å². The van der Waals surface area contributed by atoms with E-state index in [1.165, 1.54) is 0 Å². The van der Waals surface area contributed by atoms with Crippen molar-refractivity contribution >= 4 is 28.6 Å². The fourth-order valence-corrected chi connectivity index (χ4v) is 7.87. The first-order chi connectivity index (χ1) is 24.2. The monoisotopic (exact) mass is 784 g/mol. The molecule has 52 heavy (non-hydrogen) atoms. The van der Waals surface area contributed by atoms with Gasteiger partial charge in [-0.15, -0.1) is 0 Å². The zero-order valence-electron chi connectivity index (χ0n) is 31.6. The third-order valence-electron chi connectivity index (χ3n) is 8.32. The summed E-state index contributed by atoms with van der Waals surface area (Å²) < 4.78 is 77.7. The van der Waals surface area contributed by atoms with E-state index in [4.69, 9.17) is 18.9 Å². The van der Waals surface area contributed by atoms with Gasteiger partial charge in [-0.3, -0.25) is 0 Å². The van der Waals surface area contributed by atoms with Crippen LogP contribution in [0.1, 0.15) is 44.5 Å². The molecular weight excluding hydrogens is 732 g/mol. The van der Waals surface area contributed by atoms with Crippen molar-refractivity contribution in [2.75, 3.05) is 78.7 Å². The van der Waals surface area contributed by atoms with E-state index in [1.54, 1.807) is 53.3 Å². The highest BCUT2D eigenvalue weighted by Gasteiger charge is 2.24. The summed E-state index contributed by atoms with van der Waals surface area (Å²) in [5, 5.41) is 0. The van der Waals surface area contributed by atoms with Gasteiger partial charge >= 0.3 is 0 Å². The van der Waals surface area contributed by atoms with Crippen molar-refractivity contribution in [2.24, 2.45) is 0 Å². The smallest absolute Gasteiger partial charge is 0.140 e. The Morgan fingerprint density at radius 3 is 0.635 bits per heavy atom. The highest BCUT2D eigenvalue weighted by Crippen LogP contribution is 2.45. The molecule has 280 valence electrons. The second-order valence-electron chi connectivity index (χ2n) is 15.7. The second-order valence-corrected chi connectivity index (χ2v) is 29.3. The van der Waals surface area contributed by atoms with Crippen LogP contribution in [0.3, 0.4) is 0 Å². The maximum Gasteiger partial charge on any atom is 0.140 e. The van der Waals surface area contributed by atoms with Crippen LogP contribution in [-0.2, 0) is 43.9 Å². The molecule has 0 spiro atoms. The molecular formula is C40H52O8P4. The van der Waals surface area contributed by atoms with E-state index in [0.29, 0.717) is 48.7 Å². The van der Waals surface area contributed by atoms with E-state index >= 15 is 0 Å². The molecule has 8 nitrogen and oxygen atoms in total. The van der Waals surface area contributed by atoms with E-state index in [0.717, 1.165) is 44.5 Å². The molecule has 0 unspecified atom stereocenters. The Morgan fingerprint density at radius 2 is 0.500 bits per heavy atom. The van der Waals surface area contributed by atoms with E-state index in [2.05, 4.69) is 0 Å². The molecule has 0 N–H and O–H groups in total. The van der Waals surface area contributed by atoms with Crippen molar-refractivity contribution in [3.8, 4) is 23.0 Å². The first kappa shape index (κ1) is 40.2. The molecule has 0 heterocycles. The van der Waals surface area contributed by atoms with E-state index < -0.39 is 28.6 Å². The Labute approximate surface area is 309 Å². The Hall–Kier alpha value is -3.00. The van der Waals surface area contributed by atoms with Gasteiger partial charge in [0.1, 0.15) is 77.0 Å². The molecule has 12 heteroatoms. The summed E-state index contributed by atoms with van der Waals surface area (Å²) in [6.45, 7) is 13.7. The first-order valence-electron chi connectivity index (χ1n) is 17.3. The molecule has 0 atom stereocenters. The van der Waals surface area contributed by atoms with Crippen molar-refractivity contribution in [1.82, 2.24) is 0 Å². The van der Waals surface area contributed by atoms with E-state index in [9.17, 15) is 18.3 Å². The normalized spacial score (nSPS) is 13.7. The molecule has 0 aliphatic heterocycles. The largest absolute Gasteiger partial charge is 0.485 e. The van der Waals surface area contributed by atoms with Gasteiger partial charge in [-0.1, -0.05) is 72.8 Å². The molecule has 0 radical (unpaired) electrons. The highest BCUT2D eigenvalue weighted by molar-refractivity contribution is 7.63. The molecule has 5 rings (SSSR count). The van der Waals surface area contributed by atoms with Crippen LogP contribution in [0.5, 0.6) is 23.0 Å². The van der Waals surface area contributed by atoms with Crippen LogP contribution in [0, 0.1) is 0 Å². The number of ether oxygens (including phenoxy) is 4. The Kier molecular flexibility index (Phi) is 12.5. The van der Waals surface area contributed by atoms with Crippen molar-refractivity contribution in [3.63, 3.8) is 0 Å². The number of fused-ring (bicyclic) bond motifs is 8. The topological polar surface area (TPSA) is 105 Å². The predicted octanol–water partition coefficient (Wildman–Crippen LogP) is 10.2. The maximum absolute atomic E-state index is 13.0. The molecule has 1 aliphatic rings. The second kappa shape index (κ2) is 16.2. The molecule has 8 bridgehead atoms. The molecule has 0 saturated carbocycles. The van der Waals surface area contributed by atoms with Gasteiger partial charge in [0.15, 0.2) is 0 Å². The number of hydrogen-bond donors (Lipinski definition) is 0. The van der Waals surface area contributed by atoms with E-state index in [-0.39, 0.29) is 25.4 Å². The molecule has 0 aromatic heterocycles. The summed E-state index contributed by atoms with van der Waals surface area (Å²) in [5.41, 5.74) is 7.18. The number of hydrogen-bond acceptors (Lipinski definition) is 8. The fourth-order valence-electron chi connectivity index (χ4n) is 6.11. The van der Waals surface area contributed by atoms with Gasteiger partial charge in [-0.2, -0.15) is 0 Å². The minimum atomic E-state index is -2.55. The fraction of sp³-hybridized carbons (Fsp3) is 0.400. The van der Waals surface area contributed by atoms with Crippen LogP contribution in [0.4, 0.5) is 0 Å². The quantitative estimate of drug-likeness (QED) is 0.115. The summed E-state index contributed by atoms with van der Waals surface area (Å²) in [5.74, 6) is 2.63. The van der Waals surface area contributed by atoms with Crippen LogP contribution in [0.2, 0.25) is 0 Å². The van der Waals surface area contributed by atoms with Crippen LogP contribution in [0.25, 0.3) is 0 Å². The third kappa shape index (κ3) is 11.5. The number of para-hydroxylation sites is 4. The van der Waals surface area contributed by atoms with Gasteiger partial charge in [0.05, 0.1) is 0 Å². The Balaban J connectivity index is 1.78. The standard InChI is InChI=1S/C40H52O8P4/c1-49(2,41)25-45-37-29-13-9-14-30(37)22-32-16-11-18-34(39(32)47-27-51(5,6)43)24-36-20-12-19-35(40(36)48-28-52(7,8)44)23-33-17-10-15-31(21-29)38(33)46-26-50(3,4)42/h9-20H,21-28H2,1-8H3. The van der Waals surface area contributed by atoms with Crippen LogP contribution >= 0.6 is 28.6 Å². The Morgan fingerprint density at radius 1 is 0.346 bits per heavy atom. The van der Waals surface area contributed by atoms with Crippen molar-refractivity contribution in [3.05, 3.63) is 117 Å². The molecule has 0 fully saturated rings. The molecule has 1 aliphatic carbocycles. The molecule has 0 amide bonds. The zero-order valence-corrected chi connectivity index (χ0v) is 35.2. The van der Waals surface area contributed by atoms with Gasteiger partial charge in [0.2, 0.25) is 0 Å². The van der Waals surface area contributed by atoms with Gasteiger partial charge in [0, 0.05) is 25.7 Å². The highest BCUT2D eigenvalue weighted by atomic mass is 31.2. The van der Waals surface area contributed by atoms with Gasteiger partial charge < -0.3 is 37.2 Å². The number of benzene rings is 4. The lowest BCUT2D eigenvalue weighted by atomic mass is 9.91. The number of rotatable bonds is 12. The lowest BCUT2D eigenvalue weighted by Crippen LogP contribution is -2.10. The summed E-state index contributed by atoms with van der Waals surface area (Å²) in [7, 11) is -10.2. The maximum atomic E-state index is 13.0. The van der Waals surface area contributed by atoms with Crippen molar-refractivity contribution < 1.29 is 37.2 Å². The van der Waals surface area contributed by atoms with Gasteiger partial charge in [-0.25, -0.2) is 0 Å². The van der Waals surface area contributed by atoms with Gasteiger partial charge in [-0.05, 0) is 97.8 Å². The summed E-state index contributed by atoms with van der Waals surface area (Å²) in [6, 6.07) is 24.1. The van der Waals surface area contributed by atoms with Gasteiger partial charge in [0.25, 0.3) is 0 Å². The van der Waals surface area contributed by atoms with Crippen molar-refractivity contribution in [1.29, 1.82) is 0 Å². The SMILES string of the molecule is CP(C)(=O)COc1c2cccc1Cc1cccc(c1OCP(C)(C)=O)Cc1cccc(c1OCP(C)(C)=O)Cc1cccc(c1OCP(C)(C)=O)C2. The average Bonchev–Trinajstić information content (AvgIpc) is 3.01. The summed E-state index contributed by atoms with van der Waals surface area (Å²) in [6.07, 6.45) is 2.08. The third-order valence-corrected chi connectivity index (χ3v) is 11.3. The molecule has 4 aromatic rings. The Bertz CT molecular complexity index is 1740. The van der Waals surface area contributed by atoms with Crippen LogP contribution < -0.4 is 18.9 Å². The lowest BCUT2D eigenvalue weighted by Gasteiger charge is -2.23. The van der Waals surface area contributed by atoms with Crippen molar-refractivity contribution in [2.45, 2.75) is 25.7 Å². The minimum Gasteiger partial charge on any atom is -0.485 e. The zero-order chi connectivity index (χ0) is 37.9. The average molecular weight is 785 g/mol. The minimum absolute atomic E-state index is 0.0768. The first-order valence-corrected chi connectivity index (χ1v) is 28.5.